The Bertz CT molecular complexity index is 1110. The number of rotatable bonds is 6. The Kier molecular flexibility index (Phi) is 5.56. The van der Waals surface area contributed by atoms with E-state index in [-0.39, 0.29) is 22.7 Å². The van der Waals surface area contributed by atoms with Gasteiger partial charge in [0.15, 0.2) is 0 Å². The van der Waals surface area contributed by atoms with Crippen LogP contribution in [0.4, 0.5) is 25.0 Å². The van der Waals surface area contributed by atoms with Crippen molar-refractivity contribution in [3.05, 3.63) is 63.7 Å². The van der Waals surface area contributed by atoms with Gasteiger partial charge in [0.2, 0.25) is 5.91 Å². The average molecular weight is 434 g/mol. The van der Waals surface area contributed by atoms with Gasteiger partial charge in [0.05, 0.1) is 23.8 Å². The molecule has 2 aromatic rings. The van der Waals surface area contributed by atoms with Crippen molar-refractivity contribution in [3.8, 4) is 5.75 Å². The molecule has 1 saturated heterocycles. The van der Waals surface area contributed by atoms with Crippen LogP contribution in [0.25, 0.3) is 0 Å². The van der Waals surface area contributed by atoms with E-state index in [9.17, 15) is 33.3 Å². The third kappa shape index (κ3) is 3.99. The van der Waals surface area contributed by atoms with Gasteiger partial charge in [-0.2, -0.15) is 0 Å². The number of urea groups is 1. The standard InChI is InChI=1S/C19H16F2N4O6/c1-19(12-7-10(20)3-5-13(12)21)17(27)24(18(28)23-19)9-16(26)22-14-6-4-11(25(29)30)8-15(14)31-2/h3-8H,9H2,1-2H3,(H,22,26)(H,23,28). The zero-order chi connectivity index (χ0) is 22.9. The monoisotopic (exact) mass is 434 g/mol. The molecule has 0 spiro atoms. The van der Waals surface area contributed by atoms with Crippen molar-refractivity contribution in [1.82, 2.24) is 10.2 Å². The van der Waals surface area contributed by atoms with Crippen molar-refractivity contribution in [2.75, 3.05) is 19.0 Å². The van der Waals surface area contributed by atoms with E-state index in [1.807, 2.05) is 0 Å². The molecule has 2 aromatic carbocycles. The maximum absolute atomic E-state index is 14.2. The molecule has 162 valence electrons. The maximum atomic E-state index is 14.2. The number of nitro groups is 1. The van der Waals surface area contributed by atoms with Crippen molar-refractivity contribution in [2.24, 2.45) is 0 Å². The Balaban J connectivity index is 1.80. The molecule has 0 aromatic heterocycles. The first kappa shape index (κ1) is 21.6. The number of nitrogens with zero attached hydrogens (tertiary/aromatic N) is 2. The SMILES string of the molecule is COc1cc([N+](=O)[O-])ccc1NC(=O)CN1C(=O)NC(C)(c2cc(F)ccc2F)C1=O. The number of amides is 4. The number of carbonyl (C=O) groups excluding carboxylic acids is 3. The maximum Gasteiger partial charge on any atom is 0.325 e. The second-order valence-electron chi connectivity index (χ2n) is 6.76. The van der Waals surface area contributed by atoms with E-state index in [0.717, 1.165) is 30.3 Å². The lowest BCUT2D eigenvalue weighted by Gasteiger charge is -2.22. The number of benzene rings is 2. The van der Waals surface area contributed by atoms with Crippen LogP contribution in [0.15, 0.2) is 36.4 Å². The largest absolute Gasteiger partial charge is 0.494 e. The van der Waals surface area contributed by atoms with E-state index in [0.29, 0.717) is 4.90 Å². The van der Waals surface area contributed by atoms with Crippen LogP contribution in [0.2, 0.25) is 0 Å². The van der Waals surface area contributed by atoms with Crippen molar-refractivity contribution >= 4 is 29.2 Å². The zero-order valence-electron chi connectivity index (χ0n) is 16.3. The number of hydrogen-bond acceptors (Lipinski definition) is 6. The summed E-state index contributed by atoms with van der Waals surface area (Å²) < 4.78 is 32.8. The molecule has 4 amide bonds. The van der Waals surface area contributed by atoms with Gasteiger partial charge in [-0.3, -0.25) is 24.6 Å². The van der Waals surface area contributed by atoms with Crippen LogP contribution in [-0.4, -0.2) is 41.3 Å². The number of non-ortho nitro benzene ring substituents is 1. The molecule has 0 radical (unpaired) electrons. The normalized spacial score (nSPS) is 18.0. The molecule has 1 unspecified atom stereocenters. The molecule has 0 saturated carbocycles. The number of ether oxygens (including phenoxy) is 1. The summed E-state index contributed by atoms with van der Waals surface area (Å²) in [6, 6.07) is 4.97. The van der Waals surface area contributed by atoms with Gasteiger partial charge in [-0.25, -0.2) is 13.6 Å². The lowest BCUT2D eigenvalue weighted by Crippen LogP contribution is -2.42. The predicted molar refractivity (Wildman–Crippen MR) is 102 cm³/mol. The fraction of sp³-hybridized carbons (Fsp3) is 0.211. The molecule has 2 N–H and O–H groups in total. The number of anilines is 1. The van der Waals surface area contributed by atoms with Crippen LogP contribution in [0.5, 0.6) is 5.75 Å². The van der Waals surface area contributed by atoms with E-state index < -0.39 is 46.5 Å². The van der Waals surface area contributed by atoms with Crippen molar-refractivity contribution in [2.45, 2.75) is 12.5 Å². The molecule has 3 rings (SSSR count). The first-order chi connectivity index (χ1) is 14.6. The van der Waals surface area contributed by atoms with Gasteiger partial charge < -0.3 is 15.4 Å². The minimum absolute atomic E-state index is 0.00794. The molecule has 0 aliphatic carbocycles. The highest BCUT2D eigenvalue weighted by Gasteiger charge is 2.50. The number of nitro benzene ring substituents is 1. The molecule has 31 heavy (non-hydrogen) atoms. The smallest absolute Gasteiger partial charge is 0.325 e. The highest BCUT2D eigenvalue weighted by atomic mass is 19.1. The Morgan fingerprint density at radius 1 is 1.26 bits per heavy atom. The third-order valence-corrected chi connectivity index (χ3v) is 4.71. The zero-order valence-corrected chi connectivity index (χ0v) is 16.3. The quantitative estimate of drug-likeness (QED) is 0.408. The Labute approximate surface area is 173 Å². The van der Waals surface area contributed by atoms with Crippen LogP contribution in [0.3, 0.4) is 0 Å². The van der Waals surface area contributed by atoms with Crippen molar-refractivity contribution in [1.29, 1.82) is 0 Å². The molecule has 10 nitrogen and oxygen atoms in total. The third-order valence-electron chi connectivity index (χ3n) is 4.71. The molecule has 0 bridgehead atoms. The fourth-order valence-electron chi connectivity index (χ4n) is 3.13. The first-order valence-corrected chi connectivity index (χ1v) is 8.78. The lowest BCUT2D eigenvalue weighted by atomic mass is 9.91. The van der Waals surface area contributed by atoms with Gasteiger partial charge in [0.1, 0.15) is 29.5 Å². The number of nitrogens with one attached hydrogen (secondary N) is 2. The number of methoxy groups -OCH3 is 1. The summed E-state index contributed by atoms with van der Waals surface area (Å²) in [5, 5.41) is 15.5. The van der Waals surface area contributed by atoms with E-state index in [2.05, 4.69) is 10.6 Å². The van der Waals surface area contributed by atoms with Crippen molar-refractivity contribution in [3.63, 3.8) is 0 Å². The van der Waals surface area contributed by atoms with Gasteiger partial charge in [-0.15, -0.1) is 0 Å². The van der Waals surface area contributed by atoms with E-state index in [1.165, 1.54) is 20.1 Å². The average Bonchev–Trinajstić information content (AvgIpc) is 2.93. The predicted octanol–water partition coefficient (Wildman–Crippen LogP) is 2.29. The van der Waals surface area contributed by atoms with Crippen LogP contribution in [0, 0.1) is 21.7 Å². The summed E-state index contributed by atoms with van der Waals surface area (Å²) in [6.07, 6.45) is 0. The number of carbonyl (C=O) groups is 3. The number of hydrogen-bond donors (Lipinski definition) is 2. The van der Waals surface area contributed by atoms with Crippen molar-refractivity contribution < 1.29 is 32.8 Å². The van der Waals surface area contributed by atoms with Crippen LogP contribution < -0.4 is 15.4 Å². The van der Waals surface area contributed by atoms with Gasteiger partial charge in [0, 0.05) is 11.6 Å². The molecule has 1 aliphatic rings. The first-order valence-electron chi connectivity index (χ1n) is 8.78. The highest BCUT2D eigenvalue weighted by Crippen LogP contribution is 2.32. The molecular weight excluding hydrogens is 418 g/mol. The van der Waals surface area contributed by atoms with Crippen LogP contribution in [-0.2, 0) is 15.1 Å². The number of halogens is 2. The van der Waals surface area contributed by atoms with Gasteiger partial charge in [0.25, 0.3) is 11.6 Å². The number of imide groups is 1. The summed E-state index contributed by atoms with van der Waals surface area (Å²) in [5.74, 6) is -3.49. The molecular formula is C19H16F2N4O6. The molecule has 1 aliphatic heterocycles. The van der Waals surface area contributed by atoms with Gasteiger partial charge >= 0.3 is 6.03 Å². The molecule has 1 fully saturated rings. The topological polar surface area (TPSA) is 131 Å². The summed E-state index contributed by atoms with van der Waals surface area (Å²) >= 11 is 0. The molecule has 1 heterocycles. The highest BCUT2D eigenvalue weighted by molar-refractivity contribution is 6.10. The van der Waals surface area contributed by atoms with Gasteiger partial charge in [-0.05, 0) is 31.2 Å². The van der Waals surface area contributed by atoms with E-state index >= 15 is 0 Å². The summed E-state index contributed by atoms with van der Waals surface area (Å²) in [4.78, 5) is 48.3. The Morgan fingerprint density at radius 3 is 2.61 bits per heavy atom. The lowest BCUT2D eigenvalue weighted by molar-refractivity contribution is -0.384. The van der Waals surface area contributed by atoms with Gasteiger partial charge in [-0.1, -0.05) is 0 Å². The van der Waals surface area contributed by atoms with E-state index in [1.54, 1.807) is 0 Å². The molecule has 1 atom stereocenters. The Morgan fingerprint density at radius 2 is 1.97 bits per heavy atom. The molecule has 12 heteroatoms. The van der Waals surface area contributed by atoms with E-state index in [4.69, 9.17) is 4.74 Å². The summed E-state index contributed by atoms with van der Waals surface area (Å²) in [6.45, 7) is 0.458. The minimum Gasteiger partial charge on any atom is -0.494 e. The Hall–Kier alpha value is -4.09. The van der Waals surface area contributed by atoms with Crippen LogP contribution in [0.1, 0.15) is 12.5 Å². The summed E-state index contributed by atoms with van der Waals surface area (Å²) in [7, 11) is 1.24. The second kappa shape index (κ2) is 7.97. The van der Waals surface area contributed by atoms with Crippen LogP contribution >= 0.6 is 0 Å². The second-order valence-corrected chi connectivity index (χ2v) is 6.76. The minimum atomic E-state index is -1.91. The summed E-state index contributed by atoms with van der Waals surface area (Å²) in [5.41, 5.74) is -2.49. The fourth-order valence-corrected chi connectivity index (χ4v) is 3.13.